The molecule has 0 bridgehead atoms. The van der Waals surface area contributed by atoms with E-state index in [4.69, 9.17) is 15.2 Å². The molecular weight excluding hydrogens is 326 g/mol. The number of nitrogens with zero attached hydrogens (tertiary/aromatic N) is 1. The van der Waals surface area contributed by atoms with E-state index in [0.29, 0.717) is 23.1 Å². The number of unbranched alkanes of at least 4 members (excludes halogenated alkanes) is 1. The number of nitrogens with one attached hydrogen (secondary N) is 1. The van der Waals surface area contributed by atoms with Crippen molar-refractivity contribution in [3.8, 4) is 0 Å². The lowest BCUT2D eigenvalue weighted by Crippen LogP contribution is -2.41. The van der Waals surface area contributed by atoms with E-state index in [2.05, 4.69) is 46.1 Å². The van der Waals surface area contributed by atoms with E-state index in [-0.39, 0.29) is 0 Å². The smallest absolute Gasteiger partial charge is 0.191 e. The van der Waals surface area contributed by atoms with Crippen molar-refractivity contribution in [2.24, 2.45) is 10.7 Å². The second-order valence-corrected chi connectivity index (χ2v) is 14.1. The van der Waals surface area contributed by atoms with Gasteiger partial charge in [0, 0.05) is 12.6 Å². The Morgan fingerprint density at radius 1 is 1.12 bits per heavy atom. The monoisotopic (exact) mass is 369 g/mol. The van der Waals surface area contributed by atoms with Gasteiger partial charge in [-0.15, -0.1) is 0 Å². The van der Waals surface area contributed by atoms with Gasteiger partial charge in [0.2, 0.25) is 0 Å². The van der Waals surface area contributed by atoms with Crippen LogP contribution in [-0.2, 0) is 4.43 Å². The van der Waals surface area contributed by atoms with Crippen molar-refractivity contribution in [3.05, 3.63) is 0 Å². The zero-order chi connectivity index (χ0) is 18.9. The Kier molecular flexibility index (Phi) is 9.50. The zero-order valence-electron chi connectivity index (χ0n) is 17.7. The molecule has 0 spiro atoms. The Bertz CT molecular complexity index is 404. The molecule has 4 nitrogen and oxygen atoms in total. The first-order chi connectivity index (χ1) is 11.6. The summed E-state index contributed by atoms with van der Waals surface area (Å²) in [5.74, 6) is 0.636. The quantitative estimate of drug-likeness (QED) is 0.500. The van der Waals surface area contributed by atoms with Gasteiger partial charge in [0.05, 0.1) is 6.04 Å². The van der Waals surface area contributed by atoms with Crippen LogP contribution in [0.5, 0.6) is 0 Å². The van der Waals surface area contributed by atoms with Crippen LogP contribution >= 0.6 is 0 Å². The molecule has 0 aliphatic carbocycles. The highest BCUT2D eigenvalue weighted by Crippen LogP contribution is 2.36. The van der Waals surface area contributed by atoms with E-state index in [0.717, 1.165) is 19.4 Å². The van der Waals surface area contributed by atoms with Crippen LogP contribution < -0.4 is 11.1 Å². The summed E-state index contributed by atoms with van der Waals surface area (Å²) in [6.45, 7) is 14.6. The fraction of sp³-hybridized carbons (Fsp3) is 0.950. The number of aliphatic imine (C=N–C) groups is 1. The van der Waals surface area contributed by atoms with Crippen LogP contribution in [0.1, 0.15) is 85.5 Å². The molecule has 0 fully saturated rings. The molecule has 2 atom stereocenters. The summed E-state index contributed by atoms with van der Waals surface area (Å²) < 4.78 is 6.28. The summed E-state index contributed by atoms with van der Waals surface area (Å²) in [5.41, 5.74) is 6.11. The largest absolute Gasteiger partial charge is 0.417 e. The highest BCUT2D eigenvalue weighted by Gasteiger charge is 2.36. The Hall–Kier alpha value is -0.553. The SMILES string of the molecule is C[C@@H]1CCCCCC[C@H](CCCCO[Si](C)(C)C(C)(C)C)N=C(N)N1. The van der Waals surface area contributed by atoms with Crippen molar-refractivity contribution >= 4 is 14.3 Å². The van der Waals surface area contributed by atoms with Gasteiger partial charge >= 0.3 is 0 Å². The van der Waals surface area contributed by atoms with Gasteiger partial charge in [0.15, 0.2) is 14.3 Å². The minimum atomic E-state index is -1.60. The number of hydrogen-bond acceptors (Lipinski definition) is 4. The van der Waals surface area contributed by atoms with Gasteiger partial charge in [-0.1, -0.05) is 46.5 Å². The van der Waals surface area contributed by atoms with Gasteiger partial charge in [0.25, 0.3) is 0 Å². The summed E-state index contributed by atoms with van der Waals surface area (Å²) in [4.78, 5) is 4.77. The number of hydrogen-bond donors (Lipinski definition) is 2. The molecular formula is C20H43N3OSi. The molecule has 0 saturated heterocycles. The van der Waals surface area contributed by atoms with E-state index in [1.165, 1.54) is 44.9 Å². The van der Waals surface area contributed by atoms with Gasteiger partial charge in [-0.05, 0) is 57.2 Å². The van der Waals surface area contributed by atoms with Gasteiger partial charge < -0.3 is 15.5 Å². The molecule has 25 heavy (non-hydrogen) atoms. The first kappa shape index (κ1) is 22.5. The summed E-state index contributed by atoms with van der Waals surface area (Å²) in [6, 6.07) is 0.797. The molecule has 0 aromatic heterocycles. The van der Waals surface area contributed by atoms with Crippen molar-refractivity contribution in [2.75, 3.05) is 6.61 Å². The lowest BCUT2D eigenvalue weighted by molar-refractivity contribution is 0.276. The fourth-order valence-electron chi connectivity index (χ4n) is 3.04. The first-order valence-electron chi connectivity index (χ1n) is 10.4. The third-order valence-corrected chi connectivity index (χ3v) is 10.4. The Morgan fingerprint density at radius 3 is 2.40 bits per heavy atom. The van der Waals surface area contributed by atoms with E-state index in [1.54, 1.807) is 0 Å². The maximum Gasteiger partial charge on any atom is 0.191 e. The summed E-state index contributed by atoms with van der Waals surface area (Å²) in [6.07, 6.45) is 11.0. The lowest BCUT2D eigenvalue weighted by atomic mass is 10.0. The van der Waals surface area contributed by atoms with Crippen molar-refractivity contribution in [1.29, 1.82) is 0 Å². The molecule has 148 valence electrons. The van der Waals surface area contributed by atoms with Crippen LogP contribution in [-0.4, -0.2) is 33.0 Å². The molecule has 3 N–H and O–H groups in total. The van der Waals surface area contributed by atoms with Gasteiger partial charge in [-0.2, -0.15) is 0 Å². The summed E-state index contributed by atoms with van der Waals surface area (Å²) in [5, 5.41) is 3.65. The van der Waals surface area contributed by atoms with Gasteiger partial charge in [-0.25, -0.2) is 0 Å². The minimum absolute atomic E-state index is 0.295. The van der Waals surface area contributed by atoms with Crippen molar-refractivity contribution < 1.29 is 4.43 Å². The molecule has 0 amide bonds. The van der Waals surface area contributed by atoms with E-state index in [1.807, 2.05) is 0 Å². The van der Waals surface area contributed by atoms with Gasteiger partial charge in [0.1, 0.15) is 0 Å². The highest BCUT2D eigenvalue weighted by molar-refractivity contribution is 6.74. The fourth-order valence-corrected chi connectivity index (χ4v) is 4.13. The normalized spacial score (nSPS) is 24.2. The Labute approximate surface area is 157 Å². The lowest BCUT2D eigenvalue weighted by Gasteiger charge is -2.36. The van der Waals surface area contributed by atoms with Gasteiger partial charge in [-0.3, -0.25) is 4.99 Å². The first-order valence-corrected chi connectivity index (χ1v) is 13.3. The topological polar surface area (TPSA) is 59.6 Å². The summed E-state index contributed by atoms with van der Waals surface area (Å²) >= 11 is 0. The summed E-state index contributed by atoms with van der Waals surface area (Å²) in [7, 11) is -1.60. The van der Waals surface area contributed by atoms with Crippen LogP contribution in [0, 0.1) is 0 Å². The van der Waals surface area contributed by atoms with Crippen LogP contribution in [0.3, 0.4) is 0 Å². The maximum atomic E-state index is 6.28. The predicted molar refractivity (Wildman–Crippen MR) is 113 cm³/mol. The average Bonchev–Trinajstić information content (AvgIpc) is 2.51. The molecule has 0 saturated carbocycles. The van der Waals surface area contributed by atoms with Crippen LogP contribution in [0.2, 0.25) is 18.1 Å². The molecule has 1 rings (SSSR count). The molecule has 0 aromatic rings. The molecule has 1 heterocycles. The van der Waals surface area contributed by atoms with E-state index < -0.39 is 8.32 Å². The molecule has 1 aliphatic rings. The zero-order valence-corrected chi connectivity index (χ0v) is 18.7. The minimum Gasteiger partial charge on any atom is -0.417 e. The Morgan fingerprint density at radius 2 is 1.76 bits per heavy atom. The predicted octanol–water partition coefficient (Wildman–Crippen LogP) is 5.19. The standard InChI is InChI=1S/C20H43N3OSi/c1-17-13-9-7-8-10-14-18(23-19(21)22-17)15-11-12-16-24-25(5,6)20(2,3)4/h17-18H,7-16H2,1-6H3,(H3,21,22,23)/t17-,18-/m1/s1. The molecule has 0 aromatic carbocycles. The molecule has 0 radical (unpaired) electrons. The second-order valence-electron chi connectivity index (χ2n) is 9.31. The van der Waals surface area contributed by atoms with Crippen molar-refractivity contribution in [1.82, 2.24) is 5.32 Å². The maximum absolute atomic E-state index is 6.28. The number of guanidine groups is 1. The highest BCUT2D eigenvalue weighted by atomic mass is 28.4. The van der Waals surface area contributed by atoms with Crippen LogP contribution in [0.25, 0.3) is 0 Å². The second kappa shape index (κ2) is 10.6. The molecule has 0 unspecified atom stereocenters. The third kappa shape index (κ3) is 9.09. The van der Waals surface area contributed by atoms with Crippen molar-refractivity contribution in [3.63, 3.8) is 0 Å². The van der Waals surface area contributed by atoms with E-state index in [9.17, 15) is 0 Å². The van der Waals surface area contributed by atoms with Crippen molar-refractivity contribution in [2.45, 2.75) is 116 Å². The number of rotatable bonds is 6. The van der Waals surface area contributed by atoms with Crippen LogP contribution in [0.4, 0.5) is 0 Å². The number of nitrogens with two attached hydrogens (primary N) is 1. The van der Waals surface area contributed by atoms with E-state index >= 15 is 0 Å². The average molecular weight is 370 g/mol. The Balaban J connectivity index is 2.39. The molecule has 5 heteroatoms. The third-order valence-electron chi connectivity index (χ3n) is 5.84. The van der Waals surface area contributed by atoms with Crippen LogP contribution in [0.15, 0.2) is 4.99 Å². The molecule has 1 aliphatic heterocycles.